The topological polar surface area (TPSA) is 83.3 Å². The molecule has 0 unspecified atom stereocenters. The van der Waals surface area contributed by atoms with Crippen LogP contribution in [-0.2, 0) is 24.3 Å². The number of methoxy groups -OCH3 is 1. The number of rotatable bonds is 5. The summed E-state index contributed by atoms with van der Waals surface area (Å²) in [6, 6.07) is 0. The summed E-state index contributed by atoms with van der Waals surface area (Å²) in [7, 11) is 1.52. The van der Waals surface area contributed by atoms with Gasteiger partial charge in [-0.25, -0.2) is 4.79 Å². The van der Waals surface area contributed by atoms with Gasteiger partial charge in [0.15, 0.2) is 0 Å². The summed E-state index contributed by atoms with van der Waals surface area (Å²) in [6.45, 7) is 4.33. The van der Waals surface area contributed by atoms with Crippen LogP contribution in [0.25, 0.3) is 0 Å². The average Bonchev–Trinajstić information content (AvgIpc) is 2.82. The first-order chi connectivity index (χ1) is 8.61. The third kappa shape index (κ3) is 2.51. The van der Waals surface area contributed by atoms with Crippen LogP contribution in [0.1, 0.15) is 22.9 Å². The predicted molar refractivity (Wildman–Crippen MR) is 61.2 cm³/mol. The summed E-state index contributed by atoms with van der Waals surface area (Å²) in [5.74, 6) is 0.566. The fraction of sp³-hybridized carbons (Fsp3) is 0.545. The van der Waals surface area contributed by atoms with Crippen LogP contribution in [0.5, 0.6) is 0 Å². The van der Waals surface area contributed by atoms with E-state index in [1.165, 1.54) is 11.8 Å². The molecule has 0 aliphatic carbocycles. The molecule has 2 rings (SSSR count). The molecular formula is C11H15N3O4. The minimum atomic E-state index is -0.478. The van der Waals surface area contributed by atoms with Crippen LogP contribution in [-0.4, -0.2) is 22.0 Å². The number of hydrogen-bond acceptors (Lipinski definition) is 6. The quantitative estimate of drug-likeness (QED) is 0.784. The van der Waals surface area contributed by atoms with E-state index in [4.69, 9.17) is 13.7 Å². The van der Waals surface area contributed by atoms with Crippen molar-refractivity contribution < 1.29 is 13.7 Å². The lowest BCUT2D eigenvalue weighted by Gasteiger charge is -1.98. The number of nitrogens with zero attached hydrogens (tertiary/aromatic N) is 3. The summed E-state index contributed by atoms with van der Waals surface area (Å²) in [6.07, 6.45) is 0.625. The molecule has 2 aromatic rings. The van der Waals surface area contributed by atoms with Crippen molar-refractivity contribution >= 4 is 0 Å². The van der Waals surface area contributed by atoms with Gasteiger partial charge in [-0.15, -0.1) is 5.10 Å². The first-order valence-electron chi connectivity index (χ1n) is 5.59. The molecule has 98 valence electrons. The van der Waals surface area contributed by atoms with Crippen LogP contribution in [0.2, 0.25) is 0 Å². The van der Waals surface area contributed by atoms with Crippen LogP contribution < -0.4 is 5.76 Å². The molecule has 0 N–H and O–H groups in total. The molecule has 0 saturated heterocycles. The molecule has 0 fully saturated rings. The zero-order chi connectivity index (χ0) is 13.1. The molecule has 0 saturated carbocycles. The van der Waals surface area contributed by atoms with E-state index in [-0.39, 0.29) is 12.5 Å². The lowest BCUT2D eigenvalue weighted by atomic mass is 10.1. The first-order valence-corrected chi connectivity index (χ1v) is 5.59. The summed E-state index contributed by atoms with van der Waals surface area (Å²) < 4.78 is 16.1. The van der Waals surface area contributed by atoms with Gasteiger partial charge in [-0.05, 0) is 20.3 Å². The van der Waals surface area contributed by atoms with Crippen LogP contribution in [0.4, 0.5) is 0 Å². The zero-order valence-corrected chi connectivity index (χ0v) is 10.6. The second kappa shape index (κ2) is 5.18. The number of aryl methyl sites for hydroxylation is 3. The van der Waals surface area contributed by atoms with Gasteiger partial charge in [0.1, 0.15) is 12.4 Å². The van der Waals surface area contributed by atoms with Crippen molar-refractivity contribution in [2.45, 2.75) is 33.4 Å². The van der Waals surface area contributed by atoms with E-state index in [0.29, 0.717) is 13.0 Å². The Morgan fingerprint density at radius 2 is 2.17 bits per heavy atom. The smallest absolute Gasteiger partial charge is 0.390 e. The van der Waals surface area contributed by atoms with E-state index >= 15 is 0 Å². The number of hydrogen-bond donors (Lipinski definition) is 0. The Kier molecular flexibility index (Phi) is 3.61. The lowest BCUT2D eigenvalue weighted by molar-refractivity contribution is 0.158. The van der Waals surface area contributed by atoms with Gasteiger partial charge in [0.05, 0.1) is 12.2 Å². The second-order valence-corrected chi connectivity index (χ2v) is 3.97. The van der Waals surface area contributed by atoms with Gasteiger partial charge in [0.25, 0.3) is 0 Å². The molecule has 0 atom stereocenters. The van der Waals surface area contributed by atoms with Crippen molar-refractivity contribution in [1.29, 1.82) is 0 Å². The van der Waals surface area contributed by atoms with Gasteiger partial charge >= 0.3 is 5.76 Å². The maximum atomic E-state index is 11.5. The summed E-state index contributed by atoms with van der Waals surface area (Å²) in [5.41, 5.74) is 1.83. The molecule has 0 bridgehead atoms. The Balaban J connectivity index is 2.08. The Morgan fingerprint density at radius 3 is 2.78 bits per heavy atom. The van der Waals surface area contributed by atoms with Crippen molar-refractivity contribution in [3.05, 3.63) is 33.5 Å². The highest BCUT2D eigenvalue weighted by Gasteiger charge is 2.12. The van der Waals surface area contributed by atoms with E-state index < -0.39 is 5.76 Å². The number of ether oxygens (including phenoxy) is 1. The van der Waals surface area contributed by atoms with Gasteiger partial charge in [-0.2, -0.15) is 4.68 Å². The molecule has 7 nitrogen and oxygen atoms in total. The molecule has 18 heavy (non-hydrogen) atoms. The molecule has 7 heteroatoms. The van der Waals surface area contributed by atoms with Crippen LogP contribution >= 0.6 is 0 Å². The molecule has 0 spiro atoms. The highest BCUT2D eigenvalue weighted by atomic mass is 16.5. The highest BCUT2D eigenvalue weighted by molar-refractivity contribution is 5.20. The molecule has 0 aliphatic heterocycles. The van der Waals surface area contributed by atoms with Crippen molar-refractivity contribution in [1.82, 2.24) is 14.9 Å². The third-order valence-corrected chi connectivity index (χ3v) is 2.67. The van der Waals surface area contributed by atoms with Crippen molar-refractivity contribution in [3.8, 4) is 0 Å². The van der Waals surface area contributed by atoms with Crippen LogP contribution in [0.15, 0.2) is 13.7 Å². The van der Waals surface area contributed by atoms with Gasteiger partial charge in [-0.1, -0.05) is 5.16 Å². The van der Waals surface area contributed by atoms with Crippen molar-refractivity contribution in [2.75, 3.05) is 7.11 Å². The van der Waals surface area contributed by atoms with Gasteiger partial charge < -0.3 is 13.7 Å². The van der Waals surface area contributed by atoms with E-state index in [9.17, 15) is 4.79 Å². The van der Waals surface area contributed by atoms with E-state index in [1.807, 2.05) is 13.8 Å². The fourth-order valence-corrected chi connectivity index (χ4v) is 1.75. The van der Waals surface area contributed by atoms with Crippen LogP contribution in [0, 0.1) is 13.8 Å². The maximum absolute atomic E-state index is 11.5. The molecule has 0 aromatic carbocycles. The van der Waals surface area contributed by atoms with Gasteiger partial charge in [0, 0.05) is 12.7 Å². The highest BCUT2D eigenvalue weighted by Crippen LogP contribution is 2.13. The fourth-order valence-electron chi connectivity index (χ4n) is 1.75. The summed E-state index contributed by atoms with van der Waals surface area (Å²) in [5, 5.41) is 7.88. The van der Waals surface area contributed by atoms with Gasteiger partial charge in [-0.3, -0.25) is 0 Å². The first kappa shape index (κ1) is 12.6. The molecule has 2 heterocycles. The minimum absolute atomic E-state index is 0.188. The van der Waals surface area contributed by atoms with Crippen LogP contribution in [0.3, 0.4) is 0 Å². The SMILES string of the molecule is COCc1nn(CCc2c(C)noc2C)c(=O)o1. The van der Waals surface area contributed by atoms with Crippen molar-refractivity contribution in [3.63, 3.8) is 0 Å². The maximum Gasteiger partial charge on any atom is 0.437 e. The van der Waals surface area contributed by atoms with E-state index in [1.54, 1.807) is 0 Å². The Bertz CT molecular complexity index is 562. The summed E-state index contributed by atoms with van der Waals surface area (Å²) >= 11 is 0. The zero-order valence-electron chi connectivity index (χ0n) is 10.6. The molecule has 0 amide bonds. The predicted octanol–water partition coefficient (Wildman–Crippen LogP) is 0.830. The molecular weight excluding hydrogens is 238 g/mol. The van der Waals surface area contributed by atoms with E-state index in [0.717, 1.165) is 17.0 Å². The molecule has 0 radical (unpaired) electrons. The normalized spacial score (nSPS) is 11.1. The Hall–Kier alpha value is -1.89. The third-order valence-electron chi connectivity index (χ3n) is 2.67. The Morgan fingerprint density at radius 1 is 1.39 bits per heavy atom. The minimum Gasteiger partial charge on any atom is -0.390 e. The largest absolute Gasteiger partial charge is 0.437 e. The second-order valence-electron chi connectivity index (χ2n) is 3.97. The molecule has 2 aromatic heterocycles. The lowest BCUT2D eigenvalue weighted by Crippen LogP contribution is -2.17. The Labute approximate surface area is 103 Å². The molecule has 0 aliphatic rings. The van der Waals surface area contributed by atoms with Gasteiger partial charge in [0.2, 0.25) is 5.89 Å². The average molecular weight is 253 g/mol. The standard InChI is InChI=1S/C11H15N3O4/c1-7-9(8(2)18-13-7)4-5-14-11(15)17-10(12-14)6-16-3/h4-6H2,1-3H3. The van der Waals surface area contributed by atoms with Crippen molar-refractivity contribution in [2.24, 2.45) is 0 Å². The van der Waals surface area contributed by atoms with E-state index in [2.05, 4.69) is 10.3 Å². The summed E-state index contributed by atoms with van der Waals surface area (Å²) in [4.78, 5) is 11.5. The monoisotopic (exact) mass is 253 g/mol. The number of aromatic nitrogens is 3.